The largest absolute Gasteiger partial charge is 0.207 e. The number of hydrogen-bond acceptors (Lipinski definition) is 0. The first-order valence-electron chi connectivity index (χ1n) is 5.59. The average molecular weight is 206 g/mol. The Kier molecular flexibility index (Phi) is 2.18. The maximum absolute atomic E-state index is 13.1. The second-order valence-electron chi connectivity index (χ2n) is 6.08. The Balaban J connectivity index is 2.37. The molecule has 0 fully saturated rings. The van der Waals surface area contributed by atoms with Crippen LogP contribution in [0.1, 0.15) is 38.8 Å². The Hall–Kier alpha value is -0.850. The molecule has 1 atom stereocenters. The molecule has 1 heteroatoms. The van der Waals surface area contributed by atoms with Gasteiger partial charge in [-0.05, 0) is 46.9 Å². The molecular weight excluding hydrogens is 187 g/mol. The highest BCUT2D eigenvalue weighted by atomic mass is 19.1. The first-order valence-corrected chi connectivity index (χ1v) is 5.59. The number of halogens is 1. The van der Waals surface area contributed by atoms with Crippen LogP contribution < -0.4 is 0 Å². The van der Waals surface area contributed by atoms with E-state index >= 15 is 0 Å². The molecule has 0 N–H and O–H groups in total. The molecule has 82 valence electrons. The van der Waals surface area contributed by atoms with Gasteiger partial charge in [0.05, 0.1) is 0 Å². The molecule has 1 aromatic carbocycles. The van der Waals surface area contributed by atoms with Crippen molar-refractivity contribution >= 4 is 0 Å². The van der Waals surface area contributed by atoms with Crippen LogP contribution in [0.15, 0.2) is 18.2 Å². The Labute approximate surface area is 91.5 Å². The molecule has 1 aromatic rings. The molecule has 2 rings (SSSR count). The SMILES string of the molecule is CC(C)(C)C1(C)Cc2ccc(F)cc2C1. The highest BCUT2D eigenvalue weighted by molar-refractivity contribution is 5.35. The molecule has 0 amide bonds. The molecule has 15 heavy (non-hydrogen) atoms. The van der Waals surface area contributed by atoms with Gasteiger partial charge in [0.1, 0.15) is 5.82 Å². The lowest BCUT2D eigenvalue weighted by molar-refractivity contribution is 0.121. The summed E-state index contributed by atoms with van der Waals surface area (Å²) in [5.74, 6) is -0.105. The Morgan fingerprint density at radius 2 is 1.73 bits per heavy atom. The second-order valence-corrected chi connectivity index (χ2v) is 6.08. The van der Waals surface area contributed by atoms with Gasteiger partial charge >= 0.3 is 0 Å². The normalized spacial score (nSPS) is 25.4. The van der Waals surface area contributed by atoms with Gasteiger partial charge in [-0.1, -0.05) is 33.8 Å². The molecule has 0 aromatic heterocycles. The maximum atomic E-state index is 13.1. The smallest absolute Gasteiger partial charge is 0.123 e. The van der Waals surface area contributed by atoms with E-state index < -0.39 is 0 Å². The maximum Gasteiger partial charge on any atom is 0.123 e. The van der Waals surface area contributed by atoms with Crippen molar-refractivity contribution in [1.29, 1.82) is 0 Å². The van der Waals surface area contributed by atoms with Gasteiger partial charge in [0.25, 0.3) is 0 Å². The summed E-state index contributed by atoms with van der Waals surface area (Å²) < 4.78 is 13.1. The van der Waals surface area contributed by atoms with Crippen LogP contribution in [0.3, 0.4) is 0 Å². The molecule has 0 nitrogen and oxygen atoms in total. The molecule has 1 aliphatic rings. The lowest BCUT2D eigenvalue weighted by Gasteiger charge is -2.38. The van der Waals surface area contributed by atoms with E-state index in [0.29, 0.717) is 0 Å². The predicted molar refractivity (Wildman–Crippen MR) is 61.4 cm³/mol. The molecule has 0 spiro atoms. The van der Waals surface area contributed by atoms with Crippen molar-refractivity contribution < 1.29 is 4.39 Å². The lowest BCUT2D eigenvalue weighted by atomic mass is 9.66. The van der Waals surface area contributed by atoms with E-state index in [1.165, 1.54) is 11.1 Å². The summed E-state index contributed by atoms with van der Waals surface area (Å²) in [5, 5.41) is 0. The van der Waals surface area contributed by atoms with Crippen molar-refractivity contribution in [3.63, 3.8) is 0 Å². The fourth-order valence-electron chi connectivity index (χ4n) is 2.37. The second kappa shape index (κ2) is 3.07. The van der Waals surface area contributed by atoms with E-state index in [9.17, 15) is 4.39 Å². The van der Waals surface area contributed by atoms with E-state index in [-0.39, 0.29) is 16.6 Å². The minimum absolute atomic E-state index is 0.105. The van der Waals surface area contributed by atoms with Crippen molar-refractivity contribution in [3.8, 4) is 0 Å². The summed E-state index contributed by atoms with van der Waals surface area (Å²) in [6, 6.07) is 5.22. The summed E-state index contributed by atoms with van der Waals surface area (Å²) in [5.41, 5.74) is 3.06. The zero-order chi connectivity index (χ0) is 11.3. The summed E-state index contributed by atoms with van der Waals surface area (Å²) in [6.45, 7) is 9.13. The lowest BCUT2D eigenvalue weighted by Crippen LogP contribution is -2.33. The molecule has 0 bridgehead atoms. The van der Waals surface area contributed by atoms with E-state index in [2.05, 4.69) is 27.7 Å². The predicted octanol–water partition coefficient (Wildman–Crippen LogP) is 3.98. The standard InChI is InChI=1S/C14H19F/c1-13(2,3)14(4)8-10-5-6-12(15)7-11(10)9-14/h5-7H,8-9H2,1-4H3. The van der Waals surface area contributed by atoms with Crippen LogP contribution in [0.5, 0.6) is 0 Å². The number of hydrogen-bond donors (Lipinski definition) is 0. The zero-order valence-electron chi connectivity index (χ0n) is 10.0. The molecule has 0 heterocycles. The topological polar surface area (TPSA) is 0 Å². The minimum Gasteiger partial charge on any atom is -0.207 e. The highest BCUT2D eigenvalue weighted by Crippen LogP contribution is 2.48. The molecule has 1 aliphatic carbocycles. The van der Waals surface area contributed by atoms with Gasteiger partial charge in [-0.25, -0.2) is 4.39 Å². The van der Waals surface area contributed by atoms with Gasteiger partial charge in [-0.2, -0.15) is 0 Å². The Morgan fingerprint density at radius 1 is 1.13 bits per heavy atom. The van der Waals surface area contributed by atoms with Crippen LogP contribution in [0.2, 0.25) is 0 Å². The van der Waals surface area contributed by atoms with Crippen LogP contribution in [-0.2, 0) is 12.8 Å². The first kappa shape index (κ1) is 10.7. The van der Waals surface area contributed by atoms with Crippen molar-refractivity contribution in [1.82, 2.24) is 0 Å². The van der Waals surface area contributed by atoms with E-state index in [1.54, 1.807) is 12.1 Å². The molecule has 0 aliphatic heterocycles. The summed E-state index contributed by atoms with van der Waals surface area (Å²) in [7, 11) is 0. The van der Waals surface area contributed by atoms with E-state index in [0.717, 1.165) is 12.8 Å². The monoisotopic (exact) mass is 206 g/mol. The highest BCUT2D eigenvalue weighted by Gasteiger charge is 2.42. The van der Waals surface area contributed by atoms with Crippen molar-refractivity contribution in [2.45, 2.75) is 40.5 Å². The van der Waals surface area contributed by atoms with Crippen LogP contribution >= 0.6 is 0 Å². The van der Waals surface area contributed by atoms with Crippen molar-refractivity contribution in [2.24, 2.45) is 10.8 Å². The average Bonchev–Trinajstić information content (AvgIpc) is 2.40. The van der Waals surface area contributed by atoms with Gasteiger partial charge in [-0.3, -0.25) is 0 Å². The first-order chi connectivity index (χ1) is 6.82. The number of fused-ring (bicyclic) bond motifs is 1. The van der Waals surface area contributed by atoms with E-state index in [1.807, 2.05) is 6.07 Å². The molecule has 0 radical (unpaired) electrons. The third kappa shape index (κ3) is 1.68. The van der Waals surface area contributed by atoms with Gasteiger partial charge in [0.2, 0.25) is 0 Å². The van der Waals surface area contributed by atoms with Crippen LogP contribution in [0.4, 0.5) is 4.39 Å². The van der Waals surface area contributed by atoms with Crippen molar-refractivity contribution in [2.75, 3.05) is 0 Å². The third-order valence-corrected chi connectivity index (χ3v) is 4.14. The third-order valence-electron chi connectivity index (χ3n) is 4.14. The Bertz CT molecular complexity index is 387. The van der Waals surface area contributed by atoms with Gasteiger partial charge in [0, 0.05) is 0 Å². The van der Waals surface area contributed by atoms with E-state index in [4.69, 9.17) is 0 Å². The molecule has 0 saturated carbocycles. The fourth-order valence-corrected chi connectivity index (χ4v) is 2.37. The van der Waals surface area contributed by atoms with Crippen LogP contribution in [0, 0.1) is 16.6 Å². The quantitative estimate of drug-likeness (QED) is 0.602. The number of benzene rings is 1. The molecule has 0 saturated heterocycles. The summed E-state index contributed by atoms with van der Waals surface area (Å²) in [4.78, 5) is 0. The molecule has 1 unspecified atom stereocenters. The fraction of sp³-hybridized carbons (Fsp3) is 0.571. The minimum atomic E-state index is -0.105. The Morgan fingerprint density at radius 3 is 2.33 bits per heavy atom. The molecular formula is C14H19F. The van der Waals surface area contributed by atoms with Gasteiger partial charge < -0.3 is 0 Å². The number of rotatable bonds is 0. The van der Waals surface area contributed by atoms with Gasteiger partial charge in [-0.15, -0.1) is 0 Å². The zero-order valence-corrected chi connectivity index (χ0v) is 10.0. The van der Waals surface area contributed by atoms with Gasteiger partial charge in [0.15, 0.2) is 0 Å². The van der Waals surface area contributed by atoms with Crippen LogP contribution in [-0.4, -0.2) is 0 Å². The van der Waals surface area contributed by atoms with Crippen LogP contribution in [0.25, 0.3) is 0 Å². The summed E-state index contributed by atoms with van der Waals surface area (Å²) >= 11 is 0. The van der Waals surface area contributed by atoms with Crippen molar-refractivity contribution in [3.05, 3.63) is 35.1 Å². The summed E-state index contributed by atoms with van der Waals surface area (Å²) in [6.07, 6.45) is 2.08.